The van der Waals surface area contributed by atoms with Crippen LogP contribution in [0.5, 0.6) is 0 Å². The fourth-order valence-corrected chi connectivity index (χ4v) is 1.80. The summed E-state index contributed by atoms with van der Waals surface area (Å²) in [5, 5.41) is 2.91. The summed E-state index contributed by atoms with van der Waals surface area (Å²) in [6.45, 7) is 5.13. The second-order valence-electron chi connectivity index (χ2n) is 4.47. The Bertz CT molecular complexity index is 341. The minimum atomic E-state index is 0.148. The van der Waals surface area contributed by atoms with Crippen LogP contribution in [0.15, 0.2) is 30.6 Å². The van der Waals surface area contributed by atoms with Crippen LogP contribution in [0.1, 0.15) is 32.6 Å². The van der Waals surface area contributed by atoms with Crippen LogP contribution in [0.3, 0.4) is 0 Å². The quantitative estimate of drug-likeness (QED) is 0.517. The van der Waals surface area contributed by atoms with E-state index in [9.17, 15) is 4.79 Å². The Morgan fingerprint density at radius 2 is 1.95 bits per heavy atom. The van der Waals surface area contributed by atoms with Gasteiger partial charge in [0, 0.05) is 44.7 Å². The molecule has 0 aliphatic rings. The van der Waals surface area contributed by atoms with Gasteiger partial charge in [-0.25, -0.2) is 4.57 Å². The topological polar surface area (TPSA) is 42.2 Å². The summed E-state index contributed by atoms with van der Waals surface area (Å²) >= 11 is 0. The standard InChI is InChI=1S/C15H24N2O2/c1-2-19-14-8-10-16-15(18)9-4-7-13-17-11-5-3-6-12-17/h3,5-6,11-12H,2,4,7-10,13-14H2,1H3/p+1. The van der Waals surface area contributed by atoms with Gasteiger partial charge in [-0.1, -0.05) is 6.07 Å². The van der Waals surface area contributed by atoms with E-state index < -0.39 is 0 Å². The summed E-state index contributed by atoms with van der Waals surface area (Å²) in [5.41, 5.74) is 0. The summed E-state index contributed by atoms with van der Waals surface area (Å²) in [4.78, 5) is 11.5. The van der Waals surface area contributed by atoms with Gasteiger partial charge in [0.25, 0.3) is 0 Å². The van der Waals surface area contributed by atoms with Crippen LogP contribution < -0.4 is 9.88 Å². The van der Waals surface area contributed by atoms with Gasteiger partial charge in [0.05, 0.1) is 0 Å². The zero-order valence-electron chi connectivity index (χ0n) is 11.8. The molecule has 4 nitrogen and oxygen atoms in total. The number of nitrogens with one attached hydrogen (secondary N) is 1. The van der Waals surface area contributed by atoms with Crippen molar-refractivity contribution < 1.29 is 14.1 Å². The molecule has 1 aromatic heterocycles. The molecule has 0 unspecified atom stereocenters. The summed E-state index contributed by atoms with van der Waals surface area (Å²) in [7, 11) is 0. The number of ether oxygens (including phenoxy) is 1. The van der Waals surface area contributed by atoms with Gasteiger partial charge < -0.3 is 10.1 Å². The first-order valence-electron chi connectivity index (χ1n) is 7.11. The lowest BCUT2D eigenvalue weighted by Gasteiger charge is -2.04. The van der Waals surface area contributed by atoms with E-state index in [2.05, 4.69) is 9.88 Å². The third-order valence-electron chi connectivity index (χ3n) is 2.84. The summed E-state index contributed by atoms with van der Waals surface area (Å²) in [6, 6.07) is 6.04. The molecule has 106 valence electrons. The van der Waals surface area contributed by atoms with E-state index in [1.165, 1.54) is 0 Å². The molecule has 0 aliphatic heterocycles. The van der Waals surface area contributed by atoms with Crippen molar-refractivity contribution in [3.63, 3.8) is 0 Å². The minimum absolute atomic E-state index is 0.148. The molecule has 0 saturated heterocycles. The Balaban J connectivity index is 1.95. The molecule has 0 bridgehead atoms. The highest BCUT2D eigenvalue weighted by Gasteiger charge is 2.02. The molecule has 0 fully saturated rings. The number of pyridine rings is 1. The molecule has 1 amide bonds. The minimum Gasteiger partial charge on any atom is -0.382 e. The van der Waals surface area contributed by atoms with Crippen molar-refractivity contribution in [1.82, 2.24) is 5.32 Å². The van der Waals surface area contributed by atoms with Crippen LogP contribution in [0.4, 0.5) is 0 Å². The molecule has 1 heterocycles. The van der Waals surface area contributed by atoms with Crippen LogP contribution in [0.2, 0.25) is 0 Å². The number of carbonyl (C=O) groups excluding carboxylic acids is 1. The van der Waals surface area contributed by atoms with E-state index in [0.717, 1.165) is 39.0 Å². The average molecular weight is 265 g/mol. The Morgan fingerprint density at radius 3 is 2.68 bits per heavy atom. The van der Waals surface area contributed by atoms with Crippen molar-refractivity contribution in [2.45, 2.75) is 39.2 Å². The Labute approximate surface area is 115 Å². The third-order valence-corrected chi connectivity index (χ3v) is 2.84. The van der Waals surface area contributed by atoms with Gasteiger partial charge in [-0.2, -0.15) is 0 Å². The lowest BCUT2D eigenvalue weighted by molar-refractivity contribution is -0.697. The molecular weight excluding hydrogens is 240 g/mol. The zero-order valence-corrected chi connectivity index (χ0v) is 11.8. The van der Waals surface area contributed by atoms with Crippen molar-refractivity contribution in [3.8, 4) is 0 Å². The molecular formula is C15H25N2O2+. The highest BCUT2D eigenvalue weighted by molar-refractivity contribution is 5.75. The molecule has 4 heteroatoms. The lowest BCUT2D eigenvalue weighted by atomic mass is 10.2. The van der Waals surface area contributed by atoms with Crippen LogP contribution in [-0.4, -0.2) is 25.7 Å². The Hall–Kier alpha value is -1.42. The number of rotatable bonds is 10. The highest BCUT2D eigenvalue weighted by Crippen LogP contribution is 1.95. The SMILES string of the molecule is CCOCCCNC(=O)CCCC[n+]1ccccc1. The summed E-state index contributed by atoms with van der Waals surface area (Å²) < 4.78 is 7.35. The molecule has 0 radical (unpaired) electrons. The van der Waals surface area contributed by atoms with Crippen LogP contribution >= 0.6 is 0 Å². The van der Waals surface area contributed by atoms with Crippen molar-refractivity contribution in [1.29, 1.82) is 0 Å². The maximum Gasteiger partial charge on any atom is 0.219 e. The predicted molar refractivity (Wildman–Crippen MR) is 74.6 cm³/mol. The van der Waals surface area contributed by atoms with E-state index in [1.54, 1.807) is 0 Å². The zero-order chi connectivity index (χ0) is 13.8. The summed E-state index contributed by atoms with van der Waals surface area (Å²) in [5.74, 6) is 0.148. The van der Waals surface area contributed by atoms with E-state index in [0.29, 0.717) is 13.0 Å². The fraction of sp³-hybridized carbons (Fsp3) is 0.600. The molecule has 0 aromatic carbocycles. The molecule has 0 aliphatic carbocycles. The van der Waals surface area contributed by atoms with Crippen molar-refractivity contribution in [3.05, 3.63) is 30.6 Å². The number of aromatic nitrogens is 1. The number of unbranched alkanes of at least 4 members (excludes halogenated alkanes) is 1. The first kappa shape index (κ1) is 15.6. The average Bonchev–Trinajstić information content (AvgIpc) is 2.44. The molecule has 1 rings (SSSR count). The first-order valence-corrected chi connectivity index (χ1v) is 7.11. The monoisotopic (exact) mass is 265 g/mol. The smallest absolute Gasteiger partial charge is 0.219 e. The van der Waals surface area contributed by atoms with Crippen molar-refractivity contribution in [2.75, 3.05) is 19.8 Å². The van der Waals surface area contributed by atoms with Crippen LogP contribution in [0.25, 0.3) is 0 Å². The highest BCUT2D eigenvalue weighted by atomic mass is 16.5. The second kappa shape index (κ2) is 10.5. The van der Waals surface area contributed by atoms with Gasteiger partial charge in [-0.15, -0.1) is 0 Å². The fourth-order valence-electron chi connectivity index (χ4n) is 1.80. The van der Waals surface area contributed by atoms with Crippen molar-refractivity contribution in [2.24, 2.45) is 0 Å². The van der Waals surface area contributed by atoms with Gasteiger partial charge in [-0.05, 0) is 19.8 Å². The van der Waals surface area contributed by atoms with Gasteiger partial charge in [-0.3, -0.25) is 4.79 Å². The number of aryl methyl sites for hydroxylation is 1. The molecule has 19 heavy (non-hydrogen) atoms. The molecule has 1 N–H and O–H groups in total. The second-order valence-corrected chi connectivity index (χ2v) is 4.47. The Kier molecular flexibility index (Phi) is 8.64. The van der Waals surface area contributed by atoms with E-state index >= 15 is 0 Å². The Morgan fingerprint density at radius 1 is 1.16 bits per heavy atom. The van der Waals surface area contributed by atoms with Crippen LogP contribution in [0, 0.1) is 0 Å². The van der Waals surface area contributed by atoms with E-state index in [-0.39, 0.29) is 5.91 Å². The normalized spacial score (nSPS) is 10.4. The maximum absolute atomic E-state index is 11.5. The largest absolute Gasteiger partial charge is 0.382 e. The number of hydrogen-bond donors (Lipinski definition) is 1. The van der Waals surface area contributed by atoms with Gasteiger partial charge in [0.2, 0.25) is 5.91 Å². The molecule has 0 spiro atoms. The third kappa shape index (κ3) is 8.32. The molecule has 0 atom stereocenters. The van der Waals surface area contributed by atoms with E-state index in [1.807, 2.05) is 37.5 Å². The number of nitrogens with zero attached hydrogens (tertiary/aromatic N) is 1. The number of amides is 1. The van der Waals surface area contributed by atoms with Gasteiger partial charge in [0.1, 0.15) is 6.54 Å². The predicted octanol–water partition coefficient (Wildman–Crippen LogP) is 1.69. The van der Waals surface area contributed by atoms with Gasteiger partial charge >= 0.3 is 0 Å². The summed E-state index contributed by atoms with van der Waals surface area (Å²) in [6.07, 6.45) is 7.56. The maximum atomic E-state index is 11.5. The van der Waals surface area contributed by atoms with Crippen LogP contribution in [-0.2, 0) is 16.1 Å². The molecule has 0 saturated carbocycles. The molecule has 1 aromatic rings. The van der Waals surface area contributed by atoms with Gasteiger partial charge in [0.15, 0.2) is 12.4 Å². The number of carbonyl (C=O) groups is 1. The lowest BCUT2D eigenvalue weighted by Crippen LogP contribution is -2.32. The number of hydrogen-bond acceptors (Lipinski definition) is 2. The first-order chi connectivity index (χ1) is 9.33. The van der Waals surface area contributed by atoms with E-state index in [4.69, 9.17) is 4.74 Å². The van der Waals surface area contributed by atoms with Crippen molar-refractivity contribution >= 4 is 5.91 Å².